The van der Waals surface area contributed by atoms with E-state index in [-0.39, 0.29) is 29.3 Å². The standard InChI is InChI=1S/C18H15F3N4O3/c1-11(2)5-16(27)28-15(26)3-4-25-10-23-17(24-25)13-6-12(9-22)7-14(8-13)18(19,20)21/h3-4,6-8,10-11H,5H2,1-2H3/b4-3-. The maximum Gasteiger partial charge on any atom is 0.416 e. The topological polar surface area (TPSA) is 97.9 Å². The summed E-state index contributed by atoms with van der Waals surface area (Å²) in [4.78, 5) is 26.8. The van der Waals surface area contributed by atoms with Crippen LogP contribution in [-0.2, 0) is 20.5 Å². The fraction of sp³-hybridized carbons (Fsp3) is 0.278. The number of esters is 2. The molecule has 10 heteroatoms. The summed E-state index contributed by atoms with van der Waals surface area (Å²) in [6, 6.07) is 4.43. The van der Waals surface area contributed by atoms with Crippen LogP contribution < -0.4 is 0 Å². The third-order valence-electron chi connectivity index (χ3n) is 3.31. The number of halogens is 3. The first-order valence-corrected chi connectivity index (χ1v) is 8.05. The fourth-order valence-corrected chi connectivity index (χ4v) is 2.12. The highest BCUT2D eigenvalue weighted by Gasteiger charge is 2.31. The molecule has 0 saturated heterocycles. The molecule has 0 unspecified atom stereocenters. The second-order valence-electron chi connectivity index (χ2n) is 6.16. The molecular formula is C18H15F3N4O3. The lowest BCUT2D eigenvalue weighted by molar-refractivity contribution is -0.156. The predicted molar refractivity (Wildman–Crippen MR) is 91.1 cm³/mol. The molecule has 0 bridgehead atoms. The molecule has 0 aliphatic carbocycles. The minimum Gasteiger partial charge on any atom is -0.390 e. The Bertz CT molecular complexity index is 956. The molecule has 0 atom stereocenters. The van der Waals surface area contributed by atoms with Crippen molar-refractivity contribution in [2.75, 3.05) is 0 Å². The van der Waals surface area contributed by atoms with E-state index in [1.807, 2.05) is 0 Å². The summed E-state index contributed by atoms with van der Waals surface area (Å²) in [5.74, 6) is -1.62. The number of nitrogens with zero attached hydrogens (tertiary/aromatic N) is 4. The maximum atomic E-state index is 13.0. The molecule has 1 heterocycles. The van der Waals surface area contributed by atoms with Gasteiger partial charge in [-0.05, 0) is 24.1 Å². The van der Waals surface area contributed by atoms with E-state index >= 15 is 0 Å². The highest BCUT2D eigenvalue weighted by Crippen LogP contribution is 2.32. The van der Waals surface area contributed by atoms with Gasteiger partial charge < -0.3 is 4.74 Å². The van der Waals surface area contributed by atoms with E-state index in [9.17, 15) is 22.8 Å². The van der Waals surface area contributed by atoms with Gasteiger partial charge in [0.05, 0.1) is 17.2 Å². The lowest BCUT2D eigenvalue weighted by Gasteiger charge is -2.08. The Morgan fingerprint density at radius 1 is 1.32 bits per heavy atom. The van der Waals surface area contributed by atoms with Gasteiger partial charge in [-0.2, -0.15) is 18.4 Å². The molecule has 0 radical (unpaired) electrons. The van der Waals surface area contributed by atoms with Gasteiger partial charge in [-0.1, -0.05) is 13.8 Å². The van der Waals surface area contributed by atoms with Crippen LogP contribution in [0.1, 0.15) is 31.4 Å². The zero-order valence-electron chi connectivity index (χ0n) is 14.9. The van der Waals surface area contributed by atoms with Crippen LogP contribution in [0.3, 0.4) is 0 Å². The minimum absolute atomic E-state index is 0.00628. The van der Waals surface area contributed by atoms with Gasteiger partial charge in [-0.25, -0.2) is 14.5 Å². The number of aromatic nitrogens is 3. The first-order chi connectivity index (χ1) is 13.1. The molecule has 2 aromatic rings. The predicted octanol–water partition coefficient (Wildman–Crippen LogP) is 3.42. The highest BCUT2D eigenvalue weighted by atomic mass is 19.4. The van der Waals surface area contributed by atoms with Crippen LogP contribution in [0.25, 0.3) is 17.6 Å². The molecule has 0 fully saturated rings. The number of hydrogen-bond donors (Lipinski definition) is 0. The summed E-state index contributed by atoms with van der Waals surface area (Å²) in [5, 5.41) is 12.9. The Balaban J connectivity index is 2.17. The number of carbonyl (C=O) groups is 2. The number of carbonyl (C=O) groups excluding carboxylic acids is 2. The average Bonchev–Trinajstić information content (AvgIpc) is 3.07. The van der Waals surface area contributed by atoms with Crippen LogP contribution in [0.15, 0.2) is 30.6 Å². The zero-order chi connectivity index (χ0) is 20.9. The van der Waals surface area contributed by atoms with E-state index in [2.05, 4.69) is 14.8 Å². The fourth-order valence-electron chi connectivity index (χ4n) is 2.12. The van der Waals surface area contributed by atoms with Crippen molar-refractivity contribution in [2.45, 2.75) is 26.4 Å². The summed E-state index contributed by atoms with van der Waals surface area (Å²) in [5.41, 5.74) is -1.20. The van der Waals surface area contributed by atoms with Gasteiger partial charge in [-0.3, -0.25) is 4.79 Å². The number of benzene rings is 1. The zero-order valence-corrected chi connectivity index (χ0v) is 14.9. The Hall–Kier alpha value is -3.48. The molecular weight excluding hydrogens is 377 g/mol. The van der Waals surface area contributed by atoms with Crippen molar-refractivity contribution >= 4 is 18.1 Å². The molecule has 1 aromatic heterocycles. The highest BCUT2D eigenvalue weighted by molar-refractivity contribution is 5.93. The van der Waals surface area contributed by atoms with Crippen molar-refractivity contribution in [2.24, 2.45) is 5.92 Å². The largest absolute Gasteiger partial charge is 0.416 e. The Morgan fingerprint density at radius 2 is 2.04 bits per heavy atom. The van der Waals surface area contributed by atoms with Gasteiger partial charge in [0.2, 0.25) is 0 Å². The van der Waals surface area contributed by atoms with E-state index in [4.69, 9.17) is 5.26 Å². The van der Waals surface area contributed by atoms with Crippen LogP contribution in [0.4, 0.5) is 13.2 Å². The van der Waals surface area contributed by atoms with Gasteiger partial charge in [0.15, 0.2) is 5.82 Å². The number of rotatable bonds is 5. The van der Waals surface area contributed by atoms with Crippen LogP contribution in [0.5, 0.6) is 0 Å². The van der Waals surface area contributed by atoms with Crippen molar-refractivity contribution in [3.05, 3.63) is 41.7 Å². The van der Waals surface area contributed by atoms with Crippen LogP contribution >= 0.6 is 0 Å². The molecule has 0 amide bonds. The minimum atomic E-state index is -4.63. The molecule has 0 spiro atoms. The van der Waals surface area contributed by atoms with E-state index in [1.165, 1.54) is 6.07 Å². The summed E-state index contributed by atoms with van der Waals surface area (Å²) >= 11 is 0. The molecule has 28 heavy (non-hydrogen) atoms. The SMILES string of the molecule is CC(C)CC(=O)OC(=O)/C=C\n1cnc(-c2cc(C#N)cc(C(F)(F)F)c2)n1. The Labute approximate surface area is 158 Å². The third-order valence-corrected chi connectivity index (χ3v) is 3.31. The monoisotopic (exact) mass is 392 g/mol. The molecule has 2 rings (SSSR count). The van der Waals surface area contributed by atoms with Crippen LogP contribution in [0, 0.1) is 17.2 Å². The van der Waals surface area contributed by atoms with Crippen molar-refractivity contribution < 1.29 is 27.5 Å². The third kappa shape index (κ3) is 5.77. The number of hydrogen-bond acceptors (Lipinski definition) is 6. The van der Waals surface area contributed by atoms with Gasteiger partial charge in [0.25, 0.3) is 0 Å². The second-order valence-corrected chi connectivity index (χ2v) is 6.16. The van der Waals surface area contributed by atoms with Crippen molar-refractivity contribution in [3.8, 4) is 17.5 Å². The van der Waals surface area contributed by atoms with Gasteiger partial charge in [-0.15, -0.1) is 5.10 Å². The molecule has 0 saturated carbocycles. The maximum absolute atomic E-state index is 13.0. The molecule has 0 aliphatic heterocycles. The Kier molecular flexibility index (Phi) is 6.30. The number of alkyl halides is 3. The normalized spacial score (nSPS) is 11.6. The van der Waals surface area contributed by atoms with Crippen LogP contribution in [-0.4, -0.2) is 26.7 Å². The lowest BCUT2D eigenvalue weighted by atomic mass is 10.1. The quantitative estimate of drug-likeness (QED) is 0.439. The van der Waals surface area contributed by atoms with Crippen molar-refractivity contribution in [3.63, 3.8) is 0 Å². The van der Waals surface area contributed by atoms with E-state index in [1.54, 1.807) is 19.9 Å². The Morgan fingerprint density at radius 3 is 2.64 bits per heavy atom. The first kappa shape index (κ1) is 20.8. The van der Waals surface area contributed by atoms with E-state index in [0.29, 0.717) is 0 Å². The molecule has 0 aliphatic rings. The van der Waals surface area contributed by atoms with E-state index < -0.39 is 23.7 Å². The van der Waals surface area contributed by atoms with Gasteiger partial charge in [0.1, 0.15) is 6.33 Å². The molecule has 0 N–H and O–H groups in total. The van der Waals surface area contributed by atoms with Gasteiger partial charge >= 0.3 is 18.1 Å². The molecule has 7 nitrogen and oxygen atoms in total. The van der Waals surface area contributed by atoms with E-state index in [0.717, 1.165) is 35.4 Å². The summed E-state index contributed by atoms with van der Waals surface area (Å²) in [6.07, 6.45) is -1.31. The number of nitriles is 1. The summed E-state index contributed by atoms with van der Waals surface area (Å²) in [7, 11) is 0. The lowest BCUT2D eigenvalue weighted by Crippen LogP contribution is -2.12. The van der Waals surface area contributed by atoms with Crippen molar-refractivity contribution in [1.29, 1.82) is 5.26 Å². The summed E-state index contributed by atoms with van der Waals surface area (Å²) < 4.78 is 44.5. The summed E-state index contributed by atoms with van der Waals surface area (Å²) in [6.45, 7) is 3.59. The smallest absolute Gasteiger partial charge is 0.390 e. The molecule has 146 valence electrons. The van der Waals surface area contributed by atoms with Crippen LogP contribution in [0.2, 0.25) is 0 Å². The number of ether oxygens (including phenoxy) is 1. The second kappa shape index (κ2) is 8.47. The van der Waals surface area contributed by atoms with Crippen molar-refractivity contribution in [1.82, 2.24) is 14.8 Å². The van der Waals surface area contributed by atoms with Gasteiger partial charge in [0, 0.05) is 24.3 Å². The average molecular weight is 392 g/mol. The first-order valence-electron chi connectivity index (χ1n) is 8.05. The molecule has 1 aromatic carbocycles.